The summed E-state index contributed by atoms with van der Waals surface area (Å²) in [5, 5.41) is 12.1. The fraction of sp³-hybridized carbons (Fsp3) is 0.917. The molecular formula is C12H25NO2S. The van der Waals surface area contributed by atoms with E-state index in [2.05, 4.69) is 24.9 Å². The van der Waals surface area contributed by atoms with Crippen molar-refractivity contribution >= 4 is 18.5 Å². The van der Waals surface area contributed by atoms with Crippen LogP contribution >= 0.6 is 12.6 Å². The highest BCUT2D eigenvalue weighted by atomic mass is 32.1. The molecule has 0 aromatic carbocycles. The molecule has 0 heterocycles. The Kier molecular flexibility index (Phi) is 11.1. The van der Waals surface area contributed by atoms with Gasteiger partial charge in [-0.15, -0.1) is 0 Å². The molecule has 3 nitrogen and oxygen atoms in total. The van der Waals surface area contributed by atoms with Crippen molar-refractivity contribution in [3.05, 3.63) is 0 Å². The van der Waals surface area contributed by atoms with E-state index >= 15 is 0 Å². The molecule has 0 aliphatic carbocycles. The molecule has 4 heteroatoms. The lowest BCUT2D eigenvalue weighted by molar-refractivity contribution is -0.129. The van der Waals surface area contributed by atoms with Crippen molar-refractivity contribution in [2.24, 2.45) is 0 Å². The van der Waals surface area contributed by atoms with Gasteiger partial charge in [0.1, 0.15) is 6.10 Å². The molecule has 0 aliphatic rings. The highest BCUT2D eigenvalue weighted by molar-refractivity contribution is 7.80. The number of hydrogen-bond donors (Lipinski definition) is 3. The first kappa shape index (κ1) is 15.8. The lowest BCUT2D eigenvalue weighted by Crippen LogP contribution is -2.35. The second-order valence-electron chi connectivity index (χ2n) is 4.09. The predicted molar refractivity (Wildman–Crippen MR) is 70.9 cm³/mol. The third-order valence-corrected chi connectivity index (χ3v) is 2.77. The van der Waals surface area contributed by atoms with Gasteiger partial charge in [-0.2, -0.15) is 12.6 Å². The van der Waals surface area contributed by atoms with Gasteiger partial charge in [0.05, 0.1) is 0 Å². The van der Waals surface area contributed by atoms with Crippen LogP contribution in [0.4, 0.5) is 0 Å². The number of hydrogen-bond acceptors (Lipinski definition) is 3. The first-order chi connectivity index (χ1) is 7.72. The van der Waals surface area contributed by atoms with E-state index in [9.17, 15) is 9.90 Å². The molecule has 0 aliphatic heterocycles. The van der Waals surface area contributed by atoms with E-state index in [1.54, 1.807) is 0 Å². The second-order valence-corrected chi connectivity index (χ2v) is 4.53. The predicted octanol–water partition coefficient (Wildman–Crippen LogP) is 2.14. The van der Waals surface area contributed by atoms with Gasteiger partial charge in [0.2, 0.25) is 5.91 Å². The minimum atomic E-state index is -0.842. The third kappa shape index (κ3) is 9.04. The maximum Gasteiger partial charge on any atom is 0.248 e. The van der Waals surface area contributed by atoms with Gasteiger partial charge in [-0.3, -0.25) is 4.79 Å². The molecule has 0 saturated carbocycles. The molecule has 0 bridgehead atoms. The molecule has 1 amide bonds. The van der Waals surface area contributed by atoms with E-state index in [1.807, 2.05) is 0 Å². The first-order valence-electron chi connectivity index (χ1n) is 6.29. The average Bonchev–Trinajstić information content (AvgIpc) is 2.30. The van der Waals surface area contributed by atoms with Gasteiger partial charge in [-0.25, -0.2) is 0 Å². The van der Waals surface area contributed by atoms with Gasteiger partial charge in [0.25, 0.3) is 0 Å². The third-order valence-electron chi connectivity index (χ3n) is 2.54. The molecule has 0 aromatic heterocycles. The van der Waals surface area contributed by atoms with E-state index in [-0.39, 0.29) is 5.91 Å². The Balaban J connectivity index is 3.35. The summed E-state index contributed by atoms with van der Waals surface area (Å²) in [6.45, 7) is 2.71. The van der Waals surface area contributed by atoms with Crippen LogP contribution in [0, 0.1) is 0 Å². The minimum Gasteiger partial charge on any atom is -0.383 e. The monoisotopic (exact) mass is 247 g/mol. The molecule has 2 N–H and O–H groups in total. The molecule has 96 valence electrons. The topological polar surface area (TPSA) is 49.3 Å². The molecule has 0 fully saturated rings. The standard InChI is InChI=1S/C12H25NO2S/c1-2-3-4-5-6-7-8-11(14)12(15)13-9-10-16/h11,14,16H,2-10H2,1H3,(H,13,15). The Hall–Kier alpha value is -0.220. The maximum atomic E-state index is 11.3. The molecular weight excluding hydrogens is 222 g/mol. The Morgan fingerprint density at radius 1 is 1.25 bits per heavy atom. The molecule has 0 aromatic rings. The van der Waals surface area contributed by atoms with E-state index in [0.29, 0.717) is 18.7 Å². The number of aliphatic hydroxyl groups excluding tert-OH is 1. The van der Waals surface area contributed by atoms with Crippen molar-refractivity contribution in [3.63, 3.8) is 0 Å². The summed E-state index contributed by atoms with van der Waals surface area (Å²) in [6.07, 6.45) is 6.77. The highest BCUT2D eigenvalue weighted by Crippen LogP contribution is 2.08. The summed E-state index contributed by atoms with van der Waals surface area (Å²) in [4.78, 5) is 11.3. The van der Waals surface area contributed by atoms with Gasteiger partial charge >= 0.3 is 0 Å². The zero-order valence-electron chi connectivity index (χ0n) is 10.2. The SMILES string of the molecule is CCCCCCCCC(O)C(=O)NCCS. The number of unbranched alkanes of at least 4 members (excludes halogenated alkanes) is 5. The normalized spacial score (nSPS) is 12.4. The van der Waals surface area contributed by atoms with Crippen LogP contribution in [-0.4, -0.2) is 29.4 Å². The fourth-order valence-electron chi connectivity index (χ4n) is 1.55. The van der Waals surface area contributed by atoms with E-state index < -0.39 is 6.10 Å². The summed E-state index contributed by atoms with van der Waals surface area (Å²) in [6, 6.07) is 0. The number of nitrogens with one attached hydrogen (secondary N) is 1. The van der Waals surface area contributed by atoms with Crippen LogP contribution in [0.25, 0.3) is 0 Å². The number of rotatable bonds is 10. The molecule has 1 unspecified atom stereocenters. The Morgan fingerprint density at radius 3 is 2.50 bits per heavy atom. The molecule has 1 atom stereocenters. The maximum absolute atomic E-state index is 11.3. The van der Waals surface area contributed by atoms with Crippen molar-refractivity contribution in [1.29, 1.82) is 0 Å². The largest absolute Gasteiger partial charge is 0.383 e. The number of thiol groups is 1. The number of carbonyl (C=O) groups is 1. The Morgan fingerprint density at radius 2 is 1.88 bits per heavy atom. The molecule has 0 spiro atoms. The average molecular weight is 247 g/mol. The minimum absolute atomic E-state index is 0.261. The Labute approximate surface area is 104 Å². The highest BCUT2D eigenvalue weighted by Gasteiger charge is 2.12. The molecule has 0 radical (unpaired) electrons. The van der Waals surface area contributed by atoms with Crippen molar-refractivity contribution in [2.75, 3.05) is 12.3 Å². The van der Waals surface area contributed by atoms with Crippen molar-refractivity contribution in [2.45, 2.75) is 58.0 Å². The zero-order valence-corrected chi connectivity index (χ0v) is 11.1. The van der Waals surface area contributed by atoms with Crippen LogP contribution in [0.15, 0.2) is 0 Å². The van der Waals surface area contributed by atoms with Crippen LogP contribution in [-0.2, 0) is 4.79 Å². The lowest BCUT2D eigenvalue weighted by Gasteiger charge is -2.10. The van der Waals surface area contributed by atoms with E-state index in [1.165, 1.54) is 25.7 Å². The van der Waals surface area contributed by atoms with Gasteiger partial charge in [0.15, 0.2) is 0 Å². The summed E-state index contributed by atoms with van der Waals surface area (Å²) in [5.74, 6) is 0.345. The van der Waals surface area contributed by atoms with Gasteiger partial charge in [-0.1, -0.05) is 45.4 Å². The quantitative estimate of drug-likeness (QED) is 0.409. The second kappa shape index (κ2) is 11.3. The summed E-state index contributed by atoms with van der Waals surface area (Å²) < 4.78 is 0. The molecule has 0 rings (SSSR count). The number of amides is 1. The summed E-state index contributed by atoms with van der Waals surface area (Å²) >= 11 is 3.99. The van der Waals surface area contributed by atoms with E-state index in [4.69, 9.17) is 0 Å². The lowest BCUT2D eigenvalue weighted by atomic mass is 10.1. The zero-order chi connectivity index (χ0) is 12.2. The number of aliphatic hydroxyl groups is 1. The van der Waals surface area contributed by atoms with Crippen LogP contribution in [0.1, 0.15) is 51.9 Å². The van der Waals surface area contributed by atoms with Crippen molar-refractivity contribution in [3.8, 4) is 0 Å². The van der Waals surface area contributed by atoms with E-state index in [0.717, 1.165) is 12.8 Å². The van der Waals surface area contributed by atoms with Crippen LogP contribution in [0.3, 0.4) is 0 Å². The van der Waals surface area contributed by atoms with Crippen molar-refractivity contribution < 1.29 is 9.90 Å². The summed E-state index contributed by atoms with van der Waals surface area (Å²) in [7, 11) is 0. The molecule has 16 heavy (non-hydrogen) atoms. The Bertz CT molecular complexity index is 176. The van der Waals surface area contributed by atoms with Crippen LogP contribution in [0.2, 0.25) is 0 Å². The van der Waals surface area contributed by atoms with Gasteiger partial charge in [0, 0.05) is 12.3 Å². The smallest absolute Gasteiger partial charge is 0.248 e. The first-order valence-corrected chi connectivity index (χ1v) is 6.92. The molecule has 0 saturated heterocycles. The number of carbonyl (C=O) groups excluding carboxylic acids is 1. The van der Waals surface area contributed by atoms with Gasteiger partial charge < -0.3 is 10.4 Å². The van der Waals surface area contributed by atoms with Crippen LogP contribution < -0.4 is 5.32 Å². The fourth-order valence-corrected chi connectivity index (χ4v) is 1.66. The van der Waals surface area contributed by atoms with Gasteiger partial charge in [-0.05, 0) is 6.42 Å². The summed E-state index contributed by atoms with van der Waals surface area (Å²) in [5.41, 5.74) is 0. The van der Waals surface area contributed by atoms with Crippen LogP contribution in [0.5, 0.6) is 0 Å². The van der Waals surface area contributed by atoms with Crippen molar-refractivity contribution in [1.82, 2.24) is 5.32 Å².